The summed E-state index contributed by atoms with van der Waals surface area (Å²) in [7, 11) is 0. The number of aromatic nitrogens is 4. The molecule has 2 aliphatic rings. The van der Waals surface area contributed by atoms with Crippen LogP contribution in [-0.2, 0) is 15.9 Å². The van der Waals surface area contributed by atoms with Gasteiger partial charge in [-0.3, -0.25) is 4.90 Å². The molecule has 1 aliphatic heterocycles. The normalized spacial score (nSPS) is 26.2. The number of nitrogens with one attached hydrogen (secondary N) is 1. The number of ether oxygens (including phenoxy) is 2. The Morgan fingerprint density at radius 2 is 2.11 bits per heavy atom. The Bertz CT molecular complexity index is 752. The van der Waals surface area contributed by atoms with Crippen LogP contribution in [0.15, 0.2) is 12.4 Å². The van der Waals surface area contributed by atoms with Crippen LogP contribution in [-0.4, -0.2) is 75.6 Å². The largest absolute Gasteiger partial charge is 0.379 e. The molecule has 1 saturated heterocycles. The Labute approximate surface area is 160 Å². The van der Waals surface area contributed by atoms with E-state index in [0.29, 0.717) is 11.9 Å². The average Bonchev–Trinajstić information content (AvgIpc) is 3.13. The fourth-order valence-corrected chi connectivity index (χ4v) is 4.32. The number of morpholine rings is 1. The number of aryl methyl sites for hydroxylation is 1. The summed E-state index contributed by atoms with van der Waals surface area (Å²) in [4.78, 5) is 11.4. The molecule has 8 heteroatoms. The van der Waals surface area contributed by atoms with Crippen molar-refractivity contribution in [3.05, 3.63) is 18.1 Å². The summed E-state index contributed by atoms with van der Waals surface area (Å²) in [5.41, 5.74) is 1.17. The summed E-state index contributed by atoms with van der Waals surface area (Å²) < 4.78 is 13.2. The highest BCUT2D eigenvalue weighted by molar-refractivity contribution is 5.45. The minimum atomic E-state index is 0.116. The highest BCUT2D eigenvalue weighted by Gasteiger charge is 2.49. The molecule has 27 heavy (non-hydrogen) atoms. The zero-order valence-electron chi connectivity index (χ0n) is 16.4. The van der Waals surface area contributed by atoms with Crippen LogP contribution in [0.5, 0.6) is 0 Å². The predicted octanol–water partition coefficient (Wildman–Crippen LogP) is 1.76. The Kier molecular flexibility index (Phi) is 5.56. The number of nitrogens with zero attached hydrogens (tertiary/aromatic N) is 5. The second kappa shape index (κ2) is 8.08. The molecule has 0 radical (unpaired) electrons. The molecular weight excluding hydrogens is 344 g/mol. The van der Waals surface area contributed by atoms with E-state index in [9.17, 15) is 0 Å². The number of hydrogen-bond donors (Lipinski definition) is 1. The summed E-state index contributed by atoms with van der Waals surface area (Å²) in [5, 5.41) is 8.00. The highest BCUT2D eigenvalue weighted by Crippen LogP contribution is 2.40. The van der Waals surface area contributed by atoms with Gasteiger partial charge in [0.05, 0.1) is 19.3 Å². The number of rotatable bonds is 8. The lowest BCUT2D eigenvalue weighted by Crippen LogP contribution is -2.65. The van der Waals surface area contributed by atoms with Crippen molar-refractivity contribution in [2.45, 2.75) is 51.2 Å². The predicted molar refractivity (Wildman–Crippen MR) is 103 cm³/mol. The Morgan fingerprint density at radius 3 is 2.85 bits per heavy atom. The summed E-state index contributed by atoms with van der Waals surface area (Å²) in [6.45, 7) is 9.46. The van der Waals surface area contributed by atoms with Crippen LogP contribution < -0.4 is 5.32 Å². The topological polar surface area (TPSA) is 76.8 Å². The molecule has 0 unspecified atom stereocenters. The standard InChI is InChI=1S/C19H30N6O2/c1-3-5-15-10-17(25-18(23-15)21-14-22-25)20-13-19(11-16(12-19)27-4-2)24-6-8-26-9-7-24/h10,14,16,20H,3-9,11-13H2,1-2H3. The lowest BCUT2D eigenvalue weighted by molar-refractivity contribution is -0.121. The van der Waals surface area contributed by atoms with Gasteiger partial charge in [-0.1, -0.05) is 13.3 Å². The molecule has 2 aromatic heterocycles. The van der Waals surface area contributed by atoms with E-state index < -0.39 is 0 Å². The summed E-state index contributed by atoms with van der Waals surface area (Å²) in [5.74, 6) is 1.62. The third-order valence-corrected chi connectivity index (χ3v) is 5.71. The summed E-state index contributed by atoms with van der Waals surface area (Å²) in [6.07, 6.45) is 6.04. The first-order valence-corrected chi connectivity index (χ1v) is 10.1. The monoisotopic (exact) mass is 374 g/mol. The van der Waals surface area contributed by atoms with Crippen molar-refractivity contribution in [2.24, 2.45) is 0 Å². The molecule has 1 aliphatic carbocycles. The Morgan fingerprint density at radius 1 is 1.30 bits per heavy atom. The maximum atomic E-state index is 5.86. The fraction of sp³-hybridized carbons (Fsp3) is 0.737. The van der Waals surface area contributed by atoms with E-state index in [1.807, 2.05) is 0 Å². The lowest BCUT2D eigenvalue weighted by Gasteiger charge is -2.55. The first kappa shape index (κ1) is 18.6. The first-order chi connectivity index (χ1) is 13.2. The van der Waals surface area contributed by atoms with Crippen molar-refractivity contribution in [1.29, 1.82) is 0 Å². The van der Waals surface area contributed by atoms with Gasteiger partial charge in [0, 0.05) is 43.5 Å². The van der Waals surface area contributed by atoms with Gasteiger partial charge in [-0.2, -0.15) is 14.6 Å². The molecule has 4 rings (SSSR count). The van der Waals surface area contributed by atoms with E-state index in [1.54, 1.807) is 10.8 Å². The molecule has 1 N–H and O–H groups in total. The second-order valence-electron chi connectivity index (χ2n) is 7.52. The summed E-state index contributed by atoms with van der Waals surface area (Å²) in [6, 6.07) is 2.11. The van der Waals surface area contributed by atoms with Crippen LogP contribution in [0.25, 0.3) is 5.78 Å². The van der Waals surface area contributed by atoms with E-state index in [2.05, 4.69) is 45.2 Å². The number of anilines is 1. The van der Waals surface area contributed by atoms with Gasteiger partial charge in [0.15, 0.2) is 0 Å². The SMILES string of the molecule is CCCc1cc(NCC2(N3CCOCC3)CC(OCC)C2)n2ncnc2n1. The molecule has 0 aromatic carbocycles. The van der Waals surface area contributed by atoms with Gasteiger partial charge < -0.3 is 14.8 Å². The minimum Gasteiger partial charge on any atom is -0.379 e. The van der Waals surface area contributed by atoms with Crippen LogP contribution in [0.4, 0.5) is 5.82 Å². The van der Waals surface area contributed by atoms with Gasteiger partial charge in [0.1, 0.15) is 12.1 Å². The van der Waals surface area contributed by atoms with E-state index in [4.69, 9.17) is 9.47 Å². The average molecular weight is 374 g/mol. The lowest BCUT2D eigenvalue weighted by atomic mass is 9.72. The van der Waals surface area contributed by atoms with Crippen LogP contribution in [0, 0.1) is 0 Å². The van der Waals surface area contributed by atoms with Gasteiger partial charge in [-0.25, -0.2) is 4.98 Å². The van der Waals surface area contributed by atoms with Gasteiger partial charge in [-0.15, -0.1) is 0 Å². The quantitative estimate of drug-likeness (QED) is 0.754. The molecule has 2 aromatic rings. The van der Waals surface area contributed by atoms with Crippen molar-refractivity contribution < 1.29 is 9.47 Å². The molecule has 1 saturated carbocycles. The van der Waals surface area contributed by atoms with Crippen LogP contribution in [0.2, 0.25) is 0 Å². The van der Waals surface area contributed by atoms with Crippen molar-refractivity contribution in [2.75, 3.05) is 44.8 Å². The van der Waals surface area contributed by atoms with Crippen molar-refractivity contribution in [3.63, 3.8) is 0 Å². The maximum Gasteiger partial charge on any atom is 0.254 e. The molecule has 0 bridgehead atoms. The molecule has 0 atom stereocenters. The second-order valence-corrected chi connectivity index (χ2v) is 7.52. The number of hydrogen-bond acceptors (Lipinski definition) is 7. The maximum absolute atomic E-state index is 5.86. The van der Waals surface area contributed by atoms with Gasteiger partial charge in [0.2, 0.25) is 0 Å². The van der Waals surface area contributed by atoms with E-state index >= 15 is 0 Å². The molecule has 148 valence electrons. The molecular formula is C19H30N6O2. The van der Waals surface area contributed by atoms with E-state index in [0.717, 1.165) is 76.6 Å². The van der Waals surface area contributed by atoms with Crippen LogP contribution in [0.3, 0.4) is 0 Å². The molecule has 3 heterocycles. The smallest absolute Gasteiger partial charge is 0.254 e. The zero-order chi connectivity index (χ0) is 18.7. The van der Waals surface area contributed by atoms with Gasteiger partial charge in [0.25, 0.3) is 5.78 Å². The molecule has 8 nitrogen and oxygen atoms in total. The third kappa shape index (κ3) is 3.79. The Hall–Kier alpha value is -1.77. The van der Waals surface area contributed by atoms with Gasteiger partial charge in [-0.05, 0) is 26.2 Å². The Balaban J connectivity index is 1.52. The van der Waals surface area contributed by atoms with E-state index in [1.165, 1.54) is 0 Å². The van der Waals surface area contributed by atoms with Crippen molar-refractivity contribution in [1.82, 2.24) is 24.5 Å². The van der Waals surface area contributed by atoms with Crippen LogP contribution >= 0.6 is 0 Å². The van der Waals surface area contributed by atoms with Crippen molar-refractivity contribution >= 4 is 11.6 Å². The third-order valence-electron chi connectivity index (χ3n) is 5.71. The number of fused-ring (bicyclic) bond motifs is 1. The zero-order valence-corrected chi connectivity index (χ0v) is 16.4. The minimum absolute atomic E-state index is 0.116. The highest BCUT2D eigenvalue weighted by atomic mass is 16.5. The van der Waals surface area contributed by atoms with Gasteiger partial charge >= 0.3 is 0 Å². The van der Waals surface area contributed by atoms with Crippen LogP contribution in [0.1, 0.15) is 38.8 Å². The molecule has 0 amide bonds. The molecule has 2 fully saturated rings. The molecule has 0 spiro atoms. The summed E-state index contributed by atoms with van der Waals surface area (Å²) >= 11 is 0. The van der Waals surface area contributed by atoms with E-state index in [-0.39, 0.29) is 5.54 Å². The fourth-order valence-electron chi connectivity index (χ4n) is 4.32. The van der Waals surface area contributed by atoms with Crippen molar-refractivity contribution in [3.8, 4) is 0 Å². The first-order valence-electron chi connectivity index (χ1n) is 10.1.